The van der Waals surface area contributed by atoms with Crippen LogP contribution >= 0.6 is 0 Å². The summed E-state index contributed by atoms with van der Waals surface area (Å²) < 4.78 is 0. The molecule has 140 valence electrons. The Hall–Kier alpha value is -3.18. The molecular weight excluding hydrogens is 346 g/mol. The second-order valence-electron chi connectivity index (χ2n) is 7.40. The molecule has 0 radical (unpaired) electrons. The lowest BCUT2D eigenvalue weighted by molar-refractivity contribution is 0.313. The molecule has 1 N–H and O–H groups in total. The van der Waals surface area contributed by atoms with Crippen LogP contribution in [0.25, 0.3) is 33.3 Å². The number of pyridine rings is 2. The van der Waals surface area contributed by atoms with E-state index in [2.05, 4.69) is 68.2 Å². The van der Waals surface area contributed by atoms with E-state index >= 15 is 0 Å². The van der Waals surface area contributed by atoms with Gasteiger partial charge in [0.05, 0.1) is 0 Å². The number of H-pyrrole nitrogens is 1. The Morgan fingerprint density at radius 1 is 0.893 bits per heavy atom. The zero-order valence-corrected chi connectivity index (χ0v) is 16.0. The van der Waals surface area contributed by atoms with E-state index in [1.165, 1.54) is 11.3 Å². The van der Waals surface area contributed by atoms with E-state index in [0.717, 1.165) is 53.9 Å². The van der Waals surface area contributed by atoms with Crippen LogP contribution in [0.3, 0.4) is 0 Å². The summed E-state index contributed by atoms with van der Waals surface area (Å²) in [5.74, 6) is 0. The molecule has 28 heavy (non-hydrogen) atoms. The Kier molecular flexibility index (Phi) is 4.29. The summed E-state index contributed by atoms with van der Waals surface area (Å²) in [6.45, 7) is 4.41. The van der Waals surface area contributed by atoms with Gasteiger partial charge in [-0.05, 0) is 36.9 Å². The maximum atomic E-state index is 4.63. The van der Waals surface area contributed by atoms with Crippen LogP contribution in [0.1, 0.15) is 0 Å². The summed E-state index contributed by atoms with van der Waals surface area (Å²) >= 11 is 0. The van der Waals surface area contributed by atoms with Gasteiger partial charge in [0.15, 0.2) is 0 Å². The average Bonchev–Trinajstić information content (AvgIpc) is 3.18. The molecule has 0 spiro atoms. The molecule has 1 aliphatic heterocycles. The van der Waals surface area contributed by atoms with Crippen molar-refractivity contribution in [2.75, 3.05) is 38.1 Å². The molecule has 5 heteroatoms. The molecule has 1 fully saturated rings. The molecule has 4 aromatic rings. The third-order valence-electron chi connectivity index (χ3n) is 5.57. The lowest BCUT2D eigenvalue weighted by Gasteiger charge is -2.34. The van der Waals surface area contributed by atoms with Crippen LogP contribution in [0.5, 0.6) is 0 Å². The minimum absolute atomic E-state index is 0.900. The fraction of sp³-hybridized carbons (Fsp3) is 0.217. The van der Waals surface area contributed by atoms with Crippen molar-refractivity contribution in [1.82, 2.24) is 19.9 Å². The minimum atomic E-state index is 0.900. The molecule has 0 bridgehead atoms. The van der Waals surface area contributed by atoms with Crippen molar-refractivity contribution in [3.05, 3.63) is 67.3 Å². The van der Waals surface area contributed by atoms with Gasteiger partial charge < -0.3 is 14.8 Å². The van der Waals surface area contributed by atoms with Gasteiger partial charge in [0.25, 0.3) is 0 Å². The molecule has 0 saturated carbocycles. The zero-order chi connectivity index (χ0) is 18.9. The number of aromatic nitrogens is 3. The topological polar surface area (TPSA) is 48.0 Å². The molecule has 4 heterocycles. The largest absolute Gasteiger partial charge is 0.369 e. The Morgan fingerprint density at radius 2 is 1.71 bits per heavy atom. The molecule has 0 atom stereocenters. The number of hydrogen-bond acceptors (Lipinski definition) is 4. The summed E-state index contributed by atoms with van der Waals surface area (Å²) in [7, 11) is 2.18. The smallest absolute Gasteiger partial charge is 0.137 e. The molecule has 3 aromatic heterocycles. The number of piperazine rings is 1. The normalized spacial score (nSPS) is 15.2. The molecule has 1 aliphatic rings. The third-order valence-corrected chi connectivity index (χ3v) is 5.57. The predicted octanol–water partition coefficient (Wildman–Crippen LogP) is 4.04. The van der Waals surface area contributed by atoms with Gasteiger partial charge in [-0.25, -0.2) is 4.98 Å². The number of benzene rings is 1. The number of hydrogen-bond donors (Lipinski definition) is 1. The highest BCUT2D eigenvalue weighted by molar-refractivity contribution is 5.95. The second kappa shape index (κ2) is 7.09. The van der Waals surface area contributed by atoms with Crippen molar-refractivity contribution in [3.8, 4) is 22.3 Å². The molecule has 0 amide bonds. The molecule has 5 nitrogen and oxygen atoms in total. The van der Waals surface area contributed by atoms with E-state index in [1.807, 2.05) is 24.7 Å². The van der Waals surface area contributed by atoms with Crippen LogP contribution in [0, 0.1) is 0 Å². The van der Waals surface area contributed by atoms with Gasteiger partial charge in [-0.2, -0.15) is 0 Å². The highest BCUT2D eigenvalue weighted by Crippen LogP contribution is 2.31. The first kappa shape index (κ1) is 17.0. The van der Waals surface area contributed by atoms with Gasteiger partial charge in [-0.1, -0.05) is 18.2 Å². The van der Waals surface area contributed by atoms with E-state index in [9.17, 15) is 0 Å². The maximum Gasteiger partial charge on any atom is 0.137 e. The third kappa shape index (κ3) is 3.14. The number of anilines is 1. The van der Waals surface area contributed by atoms with Crippen molar-refractivity contribution < 1.29 is 0 Å². The molecular formula is C23H23N5. The van der Waals surface area contributed by atoms with Crippen LogP contribution in [0.2, 0.25) is 0 Å². The van der Waals surface area contributed by atoms with Crippen molar-refractivity contribution in [2.24, 2.45) is 0 Å². The predicted molar refractivity (Wildman–Crippen MR) is 114 cm³/mol. The van der Waals surface area contributed by atoms with E-state index in [4.69, 9.17) is 0 Å². The molecule has 5 rings (SSSR count). The van der Waals surface area contributed by atoms with Gasteiger partial charge >= 0.3 is 0 Å². The van der Waals surface area contributed by atoms with Crippen molar-refractivity contribution in [2.45, 2.75) is 0 Å². The number of likely N-dealkylation sites (N-methyl/N-ethyl adjacent to an activating group) is 1. The van der Waals surface area contributed by atoms with Gasteiger partial charge in [0.2, 0.25) is 0 Å². The van der Waals surface area contributed by atoms with E-state index in [0.29, 0.717) is 0 Å². The Labute approximate surface area is 164 Å². The first-order valence-electron chi connectivity index (χ1n) is 9.69. The number of rotatable bonds is 3. The number of nitrogens with zero attached hydrogens (tertiary/aromatic N) is 4. The fourth-order valence-corrected chi connectivity index (χ4v) is 3.85. The summed E-state index contributed by atoms with van der Waals surface area (Å²) in [6, 6.07) is 15.1. The maximum absolute atomic E-state index is 4.63. The van der Waals surface area contributed by atoms with Crippen molar-refractivity contribution in [3.63, 3.8) is 0 Å². The first-order valence-corrected chi connectivity index (χ1v) is 9.69. The summed E-state index contributed by atoms with van der Waals surface area (Å²) in [6.07, 6.45) is 7.63. The van der Waals surface area contributed by atoms with E-state index in [1.54, 1.807) is 6.20 Å². The van der Waals surface area contributed by atoms with E-state index < -0.39 is 0 Å². The van der Waals surface area contributed by atoms with Crippen LogP contribution < -0.4 is 4.90 Å². The molecule has 1 saturated heterocycles. The second-order valence-corrected chi connectivity index (χ2v) is 7.40. The fourth-order valence-electron chi connectivity index (χ4n) is 3.85. The zero-order valence-electron chi connectivity index (χ0n) is 16.0. The number of aromatic amines is 1. The lowest BCUT2D eigenvalue weighted by atomic mass is 10.0. The Balaban J connectivity index is 1.46. The quantitative estimate of drug-likeness (QED) is 0.592. The van der Waals surface area contributed by atoms with Gasteiger partial charge in [-0.15, -0.1) is 0 Å². The highest BCUT2D eigenvalue weighted by Gasteiger charge is 2.14. The molecule has 0 aliphatic carbocycles. The summed E-state index contributed by atoms with van der Waals surface area (Å²) in [4.78, 5) is 17.0. The standard InChI is InChI=1S/C23H23N5/c1-27-9-11-28(12-10-27)20-6-4-17(5-7-20)19-13-21-22(16-26-23(21)25-15-19)18-3-2-8-24-14-18/h2-8,13-16H,9-12H2,1H3,(H,25,26). The van der Waals surface area contributed by atoms with Gasteiger partial charge in [0.1, 0.15) is 5.65 Å². The van der Waals surface area contributed by atoms with Gasteiger partial charge in [-0.3, -0.25) is 4.98 Å². The van der Waals surface area contributed by atoms with Gasteiger partial charge in [0, 0.05) is 78.7 Å². The monoisotopic (exact) mass is 369 g/mol. The summed E-state index contributed by atoms with van der Waals surface area (Å²) in [5.41, 5.74) is 6.73. The van der Waals surface area contributed by atoms with E-state index in [-0.39, 0.29) is 0 Å². The first-order chi connectivity index (χ1) is 13.8. The molecule has 1 aromatic carbocycles. The number of nitrogens with one attached hydrogen (secondary N) is 1. The van der Waals surface area contributed by atoms with Crippen molar-refractivity contribution >= 4 is 16.7 Å². The highest BCUT2D eigenvalue weighted by atomic mass is 15.2. The lowest BCUT2D eigenvalue weighted by Crippen LogP contribution is -2.44. The molecule has 0 unspecified atom stereocenters. The summed E-state index contributed by atoms with van der Waals surface area (Å²) in [5, 5.41) is 1.12. The SMILES string of the molecule is CN1CCN(c2ccc(-c3cnc4[nH]cc(-c5cccnc5)c4c3)cc2)CC1. The van der Waals surface area contributed by atoms with Crippen LogP contribution in [-0.4, -0.2) is 53.1 Å². The number of fused-ring (bicyclic) bond motifs is 1. The Bertz CT molecular complexity index is 1080. The van der Waals surface area contributed by atoms with Crippen LogP contribution in [0.15, 0.2) is 67.3 Å². The average molecular weight is 369 g/mol. The minimum Gasteiger partial charge on any atom is -0.369 e. The van der Waals surface area contributed by atoms with Crippen LogP contribution in [-0.2, 0) is 0 Å². The Morgan fingerprint density at radius 3 is 2.46 bits per heavy atom. The van der Waals surface area contributed by atoms with Crippen LogP contribution in [0.4, 0.5) is 5.69 Å². The van der Waals surface area contributed by atoms with Crippen molar-refractivity contribution in [1.29, 1.82) is 0 Å².